The number of hydrogen-bond donors (Lipinski definition) is 9. The number of amides is 5. The quantitative estimate of drug-likeness (QED) is 0.0445. The molecule has 0 bridgehead atoms. The Hall–Kier alpha value is -3.07. The molecule has 0 aromatic heterocycles. The van der Waals surface area contributed by atoms with Crippen LogP contribution in [0.15, 0.2) is 0 Å². The van der Waals surface area contributed by atoms with Crippen molar-refractivity contribution in [3.63, 3.8) is 0 Å². The molecule has 0 rings (SSSR count). The molecular formula is C23H45N9O5S. The maximum atomic E-state index is 13.2. The number of carbonyl (C=O) groups excluding carboxylic acids is 5. The van der Waals surface area contributed by atoms with Gasteiger partial charge in [-0.2, -0.15) is 11.8 Å². The summed E-state index contributed by atoms with van der Waals surface area (Å²) in [6, 6.07) is -2.74. The average Bonchev–Trinajstić information content (AvgIpc) is 2.89. The van der Waals surface area contributed by atoms with Crippen molar-refractivity contribution in [3.05, 3.63) is 0 Å². The molecule has 0 saturated carbocycles. The van der Waals surface area contributed by atoms with E-state index < -0.39 is 41.8 Å². The Bertz CT molecular complexity index is 784. The van der Waals surface area contributed by atoms with Gasteiger partial charge in [-0.05, 0) is 52.0 Å². The van der Waals surface area contributed by atoms with Crippen LogP contribution in [-0.4, -0.2) is 99.4 Å². The molecule has 0 heterocycles. The van der Waals surface area contributed by atoms with E-state index in [1.165, 1.54) is 18.8 Å². The summed E-state index contributed by atoms with van der Waals surface area (Å²) in [5.41, 5.74) is 5.28. The lowest BCUT2D eigenvalue weighted by molar-refractivity contribution is -0.133. The molecular weight excluding hydrogens is 514 g/mol. The minimum atomic E-state index is -0.987. The standard InChI is InChI=1S/C23H45N9O5S/c1-5-18(33)30-16(9-6-7-11-26-2)21(36)32-17(14-38-4)22(37)31-15(10-8-12-28-23(24)25)20(35)29-13-19(34)27-3/h15-17,26H,5-14H2,1-4H3,(H,27,34)(H,29,35)(H,30,33)(H,31,37)(H,32,36)(H4,24,25,28)/t15-,16-,17-/m0/s1. The Morgan fingerprint density at radius 1 is 0.789 bits per heavy atom. The predicted octanol–water partition coefficient (Wildman–Crippen LogP) is -2.27. The molecule has 0 unspecified atom stereocenters. The summed E-state index contributed by atoms with van der Waals surface area (Å²) in [6.07, 6.45) is 4.54. The molecule has 218 valence electrons. The number of nitrogens with one attached hydrogen (secondary N) is 8. The Morgan fingerprint density at radius 3 is 1.97 bits per heavy atom. The predicted molar refractivity (Wildman–Crippen MR) is 148 cm³/mol. The van der Waals surface area contributed by atoms with Crippen LogP contribution < -0.4 is 43.0 Å². The van der Waals surface area contributed by atoms with Gasteiger partial charge in [-0.1, -0.05) is 6.92 Å². The highest BCUT2D eigenvalue weighted by Crippen LogP contribution is 2.06. The molecule has 0 aromatic rings. The van der Waals surface area contributed by atoms with E-state index in [1.54, 1.807) is 13.2 Å². The second-order valence-electron chi connectivity index (χ2n) is 8.52. The zero-order valence-corrected chi connectivity index (χ0v) is 23.6. The van der Waals surface area contributed by atoms with Gasteiger partial charge in [-0.15, -0.1) is 0 Å². The van der Waals surface area contributed by atoms with E-state index in [-0.39, 0.29) is 37.0 Å². The lowest BCUT2D eigenvalue weighted by Crippen LogP contribution is -2.57. The van der Waals surface area contributed by atoms with Gasteiger partial charge in [-0.25, -0.2) is 0 Å². The first-order chi connectivity index (χ1) is 18.1. The molecule has 38 heavy (non-hydrogen) atoms. The molecule has 0 aliphatic carbocycles. The van der Waals surface area contributed by atoms with Crippen LogP contribution in [0.3, 0.4) is 0 Å². The van der Waals surface area contributed by atoms with Crippen LogP contribution in [0.4, 0.5) is 0 Å². The highest BCUT2D eigenvalue weighted by molar-refractivity contribution is 7.98. The second kappa shape index (κ2) is 20.9. The van der Waals surface area contributed by atoms with Crippen molar-refractivity contribution in [1.29, 1.82) is 5.41 Å². The molecule has 0 aromatic carbocycles. The topological polar surface area (TPSA) is 219 Å². The molecule has 0 saturated heterocycles. The Morgan fingerprint density at radius 2 is 1.39 bits per heavy atom. The van der Waals surface area contributed by atoms with Crippen LogP contribution in [0.2, 0.25) is 0 Å². The van der Waals surface area contributed by atoms with Crippen LogP contribution in [0.5, 0.6) is 0 Å². The average molecular weight is 560 g/mol. The third-order valence-electron chi connectivity index (χ3n) is 5.43. The van der Waals surface area contributed by atoms with Crippen LogP contribution in [0.1, 0.15) is 45.4 Å². The van der Waals surface area contributed by atoms with Crippen LogP contribution in [0.25, 0.3) is 0 Å². The lowest BCUT2D eigenvalue weighted by atomic mass is 10.1. The summed E-state index contributed by atoms with van der Waals surface area (Å²) < 4.78 is 0. The summed E-state index contributed by atoms with van der Waals surface area (Å²) in [4.78, 5) is 62.5. The summed E-state index contributed by atoms with van der Waals surface area (Å²) in [5.74, 6) is -2.24. The van der Waals surface area contributed by atoms with Gasteiger partial charge in [0.05, 0.1) is 6.54 Å². The van der Waals surface area contributed by atoms with E-state index >= 15 is 0 Å². The van der Waals surface area contributed by atoms with E-state index in [4.69, 9.17) is 11.1 Å². The van der Waals surface area contributed by atoms with Crippen molar-refractivity contribution < 1.29 is 24.0 Å². The number of thioether (sulfide) groups is 1. The third-order valence-corrected chi connectivity index (χ3v) is 6.10. The minimum absolute atomic E-state index is 0.201. The Kier molecular flexibility index (Phi) is 19.2. The van der Waals surface area contributed by atoms with Crippen molar-refractivity contribution in [2.75, 3.05) is 45.7 Å². The minimum Gasteiger partial charge on any atom is -0.370 e. The first kappa shape index (κ1) is 34.9. The fourth-order valence-electron chi connectivity index (χ4n) is 3.29. The largest absolute Gasteiger partial charge is 0.370 e. The van der Waals surface area contributed by atoms with Gasteiger partial charge in [-0.3, -0.25) is 29.4 Å². The number of likely N-dealkylation sites (N-methyl/N-ethyl adjacent to an activating group) is 1. The van der Waals surface area contributed by atoms with E-state index in [9.17, 15) is 24.0 Å². The van der Waals surface area contributed by atoms with Gasteiger partial charge < -0.3 is 43.0 Å². The molecule has 10 N–H and O–H groups in total. The van der Waals surface area contributed by atoms with Gasteiger partial charge in [0.25, 0.3) is 0 Å². The number of hydrogen-bond acceptors (Lipinski definition) is 8. The van der Waals surface area contributed by atoms with Gasteiger partial charge in [0.15, 0.2) is 5.96 Å². The van der Waals surface area contributed by atoms with Crippen LogP contribution >= 0.6 is 11.8 Å². The number of nitrogens with two attached hydrogens (primary N) is 1. The number of unbranched alkanes of at least 4 members (excludes halogenated alkanes) is 1. The number of carbonyl (C=O) groups is 5. The van der Waals surface area contributed by atoms with Gasteiger partial charge >= 0.3 is 0 Å². The van der Waals surface area contributed by atoms with E-state index in [0.717, 1.165) is 13.0 Å². The van der Waals surface area contributed by atoms with Gasteiger partial charge in [0.1, 0.15) is 18.1 Å². The van der Waals surface area contributed by atoms with Crippen molar-refractivity contribution in [3.8, 4) is 0 Å². The lowest BCUT2D eigenvalue weighted by Gasteiger charge is -2.25. The van der Waals surface area contributed by atoms with Gasteiger partial charge in [0.2, 0.25) is 29.5 Å². The van der Waals surface area contributed by atoms with E-state index in [2.05, 4.69) is 37.2 Å². The molecule has 5 amide bonds. The number of guanidine groups is 1. The van der Waals surface area contributed by atoms with Crippen molar-refractivity contribution in [1.82, 2.24) is 37.2 Å². The molecule has 0 radical (unpaired) electrons. The smallest absolute Gasteiger partial charge is 0.244 e. The fourth-order valence-corrected chi connectivity index (χ4v) is 3.85. The molecule has 0 fully saturated rings. The normalized spacial score (nSPS) is 12.8. The summed E-state index contributed by atoms with van der Waals surface area (Å²) in [7, 11) is 3.27. The van der Waals surface area contributed by atoms with Gasteiger partial charge in [0, 0.05) is 25.8 Å². The second-order valence-corrected chi connectivity index (χ2v) is 9.44. The van der Waals surface area contributed by atoms with Crippen molar-refractivity contribution in [2.45, 2.75) is 63.6 Å². The molecule has 3 atom stereocenters. The fraction of sp³-hybridized carbons (Fsp3) is 0.739. The Labute approximate surface area is 229 Å². The first-order valence-corrected chi connectivity index (χ1v) is 14.1. The Balaban J connectivity index is 5.44. The summed E-state index contributed by atoms with van der Waals surface area (Å²) in [5, 5.41) is 25.9. The summed E-state index contributed by atoms with van der Waals surface area (Å²) >= 11 is 1.34. The van der Waals surface area contributed by atoms with Crippen molar-refractivity contribution >= 4 is 47.3 Å². The van der Waals surface area contributed by atoms with Crippen LogP contribution in [0, 0.1) is 5.41 Å². The number of rotatable bonds is 20. The van der Waals surface area contributed by atoms with Crippen LogP contribution in [-0.2, 0) is 24.0 Å². The SMILES string of the molecule is CCC(=O)N[C@@H](CCCCNC)C(=O)N[C@@H](CSC)C(=O)N[C@@H](CCCNC(=N)N)C(=O)NCC(=O)NC. The van der Waals surface area contributed by atoms with Crippen molar-refractivity contribution in [2.24, 2.45) is 5.73 Å². The molecule has 0 aliphatic heterocycles. The zero-order chi connectivity index (χ0) is 28.9. The molecule has 0 aliphatic rings. The van der Waals surface area contributed by atoms with E-state index in [1.807, 2.05) is 7.05 Å². The van der Waals surface area contributed by atoms with E-state index in [0.29, 0.717) is 25.8 Å². The highest BCUT2D eigenvalue weighted by Gasteiger charge is 2.29. The maximum absolute atomic E-state index is 13.2. The monoisotopic (exact) mass is 559 g/mol. The maximum Gasteiger partial charge on any atom is 0.244 e. The molecule has 15 heteroatoms. The highest BCUT2D eigenvalue weighted by atomic mass is 32.2. The summed E-state index contributed by atoms with van der Waals surface area (Å²) in [6.45, 7) is 2.52. The molecule has 0 spiro atoms. The first-order valence-electron chi connectivity index (χ1n) is 12.7. The third kappa shape index (κ3) is 15.9. The molecule has 14 nitrogen and oxygen atoms in total. The zero-order valence-electron chi connectivity index (χ0n) is 22.8.